The maximum Gasteiger partial charge on any atom is 0.254 e. The van der Waals surface area contributed by atoms with Gasteiger partial charge in [-0.15, -0.1) is 0 Å². The summed E-state index contributed by atoms with van der Waals surface area (Å²) in [5.41, 5.74) is 4.18. The summed E-state index contributed by atoms with van der Waals surface area (Å²) in [7, 11) is 2.00. The van der Waals surface area contributed by atoms with Gasteiger partial charge in [0, 0.05) is 44.3 Å². The lowest BCUT2D eigenvalue weighted by Crippen LogP contribution is -2.48. The first-order valence-electron chi connectivity index (χ1n) is 13.5. The molecule has 0 unspecified atom stereocenters. The second-order valence-corrected chi connectivity index (χ2v) is 10.7. The Hall–Kier alpha value is -3.18. The molecule has 0 bridgehead atoms. The van der Waals surface area contributed by atoms with Crippen molar-refractivity contribution in [2.45, 2.75) is 64.1 Å². The highest BCUT2D eigenvalue weighted by Gasteiger charge is 2.30. The lowest BCUT2D eigenvalue weighted by atomic mass is 9.96. The molecule has 1 aliphatic heterocycles. The average Bonchev–Trinajstić information content (AvgIpc) is 3.57. The Kier molecular flexibility index (Phi) is 6.26. The summed E-state index contributed by atoms with van der Waals surface area (Å²) in [6.45, 7) is 5.03. The lowest BCUT2D eigenvalue weighted by molar-refractivity contribution is 0.0600. The number of carbonyl (C=O) groups is 1. The van der Waals surface area contributed by atoms with E-state index in [-0.39, 0.29) is 5.91 Å². The van der Waals surface area contributed by atoms with Crippen LogP contribution in [-0.4, -0.2) is 57.5 Å². The molecule has 5 heteroatoms. The summed E-state index contributed by atoms with van der Waals surface area (Å²) in [5, 5.41) is 2.18. The fraction of sp³-hybridized carbons (Fsp3) is 0.419. The highest BCUT2D eigenvalue weighted by Crippen LogP contribution is 2.30. The molecular weight excluding hydrogens is 444 g/mol. The van der Waals surface area contributed by atoms with Gasteiger partial charge in [-0.25, -0.2) is 4.98 Å². The van der Waals surface area contributed by atoms with E-state index < -0.39 is 0 Å². The molecule has 2 heterocycles. The van der Waals surface area contributed by atoms with E-state index in [4.69, 9.17) is 4.98 Å². The number of likely N-dealkylation sites (tertiary alicyclic amines) is 1. The van der Waals surface area contributed by atoms with Crippen molar-refractivity contribution in [3.05, 3.63) is 77.6 Å². The zero-order valence-electron chi connectivity index (χ0n) is 21.5. The molecule has 0 atom stereocenters. The van der Waals surface area contributed by atoms with Crippen molar-refractivity contribution >= 4 is 27.7 Å². The number of hydrogen-bond acceptors (Lipinski definition) is 3. The molecule has 1 saturated heterocycles. The van der Waals surface area contributed by atoms with Crippen molar-refractivity contribution < 1.29 is 4.79 Å². The Morgan fingerprint density at radius 2 is 1.61 bits per heavy atom. The molecule has 36 heavy (non-hydrogen) atoms. The van der Waals surface area contributed by atoms with Crippen LogP contribution in [0.15, 0.2) is 60.7 Å². The van der Waals surface area contributed by atoms with Crippen molar-refractivity contribution in [2.24, 2.45) is 0 Å². The molecule has 1 aliphatic carbocycles. The minimum Gasteiger partial charge on any atom is -0.339 e. The smallest absolute Gasteiger partial charge is 0.254 e. The third kappa shape index (κ3) is 4.20. The standard InChI is InChI=1S/C31H36N4O/c1-22-32-29-13-7-8-14-30(29)35(22)21-23-15-16-28(27-12-6-5-11-26(23)27)31(36)33(2)24-17-19-34(20-18-24)25-9-3-4-10-25/h5-8,11-16,24-25H,3-4,9-10,17-21H2,1-2H3. The van der Waals surface area contributed by atoms with Crippen LogP contribution in [0.5, 0.6) is 0 Å². The van der Waals surface area contributed by atoms with Gasteiger partial charge in [0.25, 0.3) is 5.91 Å². The molecule has 0 radical (unpaired) electrons. The van der Waals surface area contributed by atoms with Crippen molar-refractivity contribution in [3.63, 3.8) is 0 Å². The van der Waals surface area contributed by atoms with E-state index in [0.29, 0.717) is 6.04 Å². The van der Waals surface area contributed by atoms with Crippen LogP contribution >= 0.6 is 0 Å². The molecule has 2 aliphatic rings. The summed E-state index contributed by atoms with van der Waals surface area (Å²) in [5.74, 6) is 1.14. The van der Waals surface area contributed by atoms with Gasteiger partial charge in [0.15, 0.2) is 0 Å². The summed E-state index contributed by atoms with van der Waals surface area (Å²) < 4.78 is 2.27. The topological polar surface area (TPSA) is 41.4 Å². The van der Waals surface area contributed by atoms with E-state index in [1.165, 1.54) is 31.2 Å². The number of carbonyl (C=O) groups excluding carboxylic acids is 1. The van der Waals surface area contributed by atoms with Gasteiger partial charge in [-0.1, -0.05) is 55.3 Å². The van der Waals surface area contributed by atoms with Gasteiger partial charge in [0.2, 0.25) is 0 Å². The summed E-state index contributed by atoms with van der Waals surface area (Å²) in [6.07, 6.45) is 7.60. The van der Waals surface area contributed by atoms with E-state index in [1.54, 1.807) is 0 Å². The van der Waals surface area contributed by atoms with Gasteiger partial charge in [-0.3, -0.25) is 4.79 Å². The third-order valence-electron chi connectivity index (χ3n) is 8.63. The van der Waals surface area contributed by atoms with Crippen molar-refractivity contribution in [3.8, 4) is 0 Å². The van der Waals surface area contributed by atoms with E-state index >= 15 is 0 Å². The van der Waals surface area contributed by atoms with Crippen molar-refractivity contribution in [2.75, 3.05) is 20.1 Å². The average molecular weight is 481 g/mol. The van der Waals surface area contributed by atoms with Crippen LogP contribution in [0.4, 0.5) is 0 Å². The molecule has 2 fully saturated rings. The number of benzene rings is 3. The fourth-order valence-corrected chi connectivity index (χ4v) is 6.52. The Balaban J connectivity index is 1.25. The predicted molar refractivity (Wildman–Crippen MR) is 146 cm³/mol. The van der Waals surface area contributed by atoms with E-state index in [0.717, 1.165) is 71.7 Å². The number of rotatable bonds is 5. The highest BCUT2D eigenvalue weighted by molar-refractivity contribution is 6.08. The molecular formula is C31H36N4O. The fourth-order valence-electron chi connectivity index (χ4n) is 6.52. The van der Waals surface area contributed by atoms with Gasteiger partial charge >= 0.3 is 0 Å². The van der Waals surface area contributed by atoms with Gasteiger partial charge in [0.05, 0.1) is 11.0 Å². The minimum atomic E-state index is 0.140. The van der Waals surface area contributed by atoms with E-state index in [9.17, 15) is 4.79 Å². The number of nitrogens with zero attached hydrogens (tertiary/aromatic N) is 4. The minimum absolute atomic E-state index is 0.140. The van der Waals surface area contributed by atoms with Gasteiger partial charge in [-0.05, 0) is 67.1 Å². The predicted octanol–water partition coefficient (Wildman–Crippen LogP) is 6.03. The molecule has 1 amide bonds. The molecule has 0 N–H and O–H groups in total. The number of hydrogen-bond donors (Lipinski definition) is 0. The molecule has 6 rings (SSSR count). The van der Waals surface area contributed by atoms with Crippen molar-refractivity contribution in [1.82, 2.24) is 19.4 Å². The van der Waals surface area contributed by atoms with Crippen LogP contribution in [-0.2, 0) is 6.54 Å². The summed E-state index contributed by atoms with van der Waals surface area (Å²) in [4.78, 5) is 23.2. The first-order valence-corrected chi connectivity index (χ1v) is 13.5. The summed E-state index contributed by atoms with van der Waals surface area (Å²) >= 11 is 0. The zero-order chi connectivity index (χ0) is 24.6. The molecule has 1 aromatic heterocycles. The van der Waals surface area contributed by atoms with Crippen LogP contribution in [0.3, 0.4) is 0 Å². The maximum atomic E-state index is 13.7. The second-order valence-electron chi connectivity index (χ2n) is 10.7. The molecule has 5 nitrogen and oxygen atoms in total. The number of aromatic nitrogens is 2. The van der Waals surface area contributed by atoms with Crippen LogP contribution < -0.4 is 0 Å². The largest absolute Gasteiger partial charge is 0.339 e. The number of piperidine rings is 1. The Morgan fingerprint density at radius 1 is 0.917 bits per heavy atom. The Labute approximate surface area is 213 Å². The van der Waals surface area contributed by atoms with Crippen LogP contribution in [0.2, 0.25) is 0 Å². The van der Waals surface area contributed by atoms with E-state index in [1.807, 2.05) is 30.1 Å². The maximum absolute atomic E-state index is 13.7. The van der Waals surface area contributed by atoms with Crippen LogP contribution in [0.25, 0.3) is 21.8 Å². The third-order valence-corrected chi connectivity index (χ3v) is 8.63. The quantitative estimate of drug-likeness (QED) is 0.350. The summed E-state index contributed by atoms with van der Waals surface area (Å²) in [6, 6.07) is 21.9. The van der Waals surface area contributed by atoms with Crippen LogP contribution in [0.1, 0.15) is 60.3 Å². The number of aryl methyl sites for hydroxylation is 1. The normalized spacial score (nSPS) is 17.8. The number of amides is 1. The second kappa shape index (κ2) is 9.70. The Bertz CT molecular complexity index is 1390. The molecule has 3 aromatic carbocycles. The SMILES string of the molecule is Cc1nc2ccccc2n1Cc1ccc(C(=O)N(C)C2CCN(C3CCCC3)CC2)c2ccccc12. The molecule has 0 spiro atoms. The first kappa shape index (κ1) is 23.2. The number of fused-ring (bicyclic) bond motifs is 2. The van der Waals surface area contributed by atoms with E-state index in [2.05, 4.69) is 58.9 Å². The first-order chi connectivity index (χ1) is 17.6. The van der Waals surface area contributed by atoms with Gasteiger partial charge in [-0.2, -0.15) is 0 Å². The monoisotopic (exact) mass is 480 g/mol. The molecule has 1 saturated carbocycles. The number of para-hydroxylation sites is 2. The lowest BCUT2D eigenvalue weighted by Gasteiger charge is -2.39. The number of imidazole rings is 1. The molecule has 186 valence electrons. The highest BCUT2D eigenvalue weighted by atomic mass is 16.2. The Morgan fingerprint density at radius 3 is 2.39 bits per heavy atom. The zero-order valence-corrected chi connectivity index (χ0v) is 21.5. The van der Waals surface area contributed by atoms with Crippen LogP contribution in [0, 0.1) is 6.92 Å². The molecule has 4 aromatic rings. The van der Waals surface area contributed by atoms with Gasteiger partial charge < -0.3 is 14.4 Å². The van der Waals surface area contributed by atoms with Gasteiger partial charge in [0.1, 0.15) is 5.82 Å². The van der Waals surface area contributed by atoms with Crippen molar-refractivity contribution in [1.29, 1.82) is 0 Å².